The Morgan fingerprint density at radius 2 is 2.13 bits per heavy atom. The monoisotopic (exact) mass is 335 g/mol. The van der Waals surface area contributed by atoms with E-state index in [2.05, 4.69) is 28.4 Å². The van der Waals surface area contributed by atoms with Crippen LogP contribution < -0.4 is 10.2 Å². The SMILES string of the molecule is CN1C(=O)CCc2cc(CN3CCC4(CCNC4)C3)ccc21.Cl. The maximum atomic E-state index is 11.8. The minimum Gasteiger partial charge on any atom is -0.316 e. The lowest BCUT2D eigenvalue weighted by Crippen LogP contribution is -2.31. The molecule has 1 atom stereocenters. The van der Waals surface area contributed by atoms with Gasteiger partial charge in [-0.3, -0.25) is 9.69 Å². The summed E-state index contributed by atoms with van der Waals surface area (Å²) in [5.41, 5.74) is 4.36. The van der Waals surface area contributed by atoms with E-state index in [0.717, 1.165) is 18.7 Å². The topological polar surface area (TPSA) is 35.6 Å². The maximum absolute atomic E-state index is 11.8. The minimum absolute atomic E-state index is 0. The number of fused-ring (bicyclic) bond motifs is 1. The number of halogens is 1. The van der Waals surface area contributed by atoms with Crippen molar-refractivity contribution in [1.82, 2.24) is 10.2 Å². The zero-order valence-electron chi connectivity index (χ0n) is 13.8. The number of aryl methyl sites for hydroxylation is 1. The molecule has 1 spiro atoms. The first kappa shape index (κ1) is 16.7. The molecule has 126 valence electrons. The number of hydrogen-bond acceptors (Lipinski definition) is 3. The van der Waals surface area contributed by atoms with E-state index in [0.29, 0.717) is 11.8 Å². The highest BCUT2D eigenvalue weighted by molar-refractivity contribution is 5.95. The van der Waals surface area contributed by atoms with E-state index in [1.807, 2.05) is 7.05 Å². The lowest BCUT2D eigenvalue weighted by molar-refractivity contribution is -0.118. The van der Waals surface area contributed by atoms with Gasteiger partial charge < -0.3 is 10.2 Å². The molecule has 1 unspecified atom stereocenters. The predicted octanol–water partition coefficient (Wildman–Crippen LogP) is 2.20. The van der Waals surface area contributed by atoms with E-state index in [1.165, 1.54) is 50.1 Å². The molecule has 4 rings (SSSR count). The Kier molecular flexibility index (Phi) is 4.68. The number of anilines is 1. The summed E-state index contributed by atoms with van der Waals surface area (Å²) in [7, 11) is 1.89. The summed E-state index contributed by atoms with van der Waals surface area (Å²) in [5.74, 6) is 0.232. The highest BCUT2D eigenvalue weighted by Crippen LogP contribution is 2.37. The molecule has 1 aromatic rings. The molecule has 0 radical (unpaired) electrons. The lowest BCUT2D eigenvalue weighted by atomic mass is 9.86. The first-order chi connectivity index (χ1) is 10.7. The smallest absolute Gasteiger partial charge is 0.227 e. The molecule has 1 N–H and O–H groups in total. The molecule has 1 aromatic carbocycles. The van der Waals surface area contributed by atoms with E-state index >= 15 is 0 Å². The van der Waals surface area contributed by atoms with Crippen LogP contribution in [0.2, 0.25) is 0 Å². The molecule has 0 aliphatic carbocycles. The van der Waals surface area contributed by atoms with Gasteiger partial charge >= 0.3 is 0 Å². The van der Waals surface area contributed by atoms with Crippen LogP contribution in [0.3, 0.4) is 0 Å². The van der Waals surface area contributed by atoms with Gasteiger partial charge in [0.05, 0.1) is 0 Å². The van der Waals surface area contributed by atoms with Gasteiger partial charge in [0.25, 0.3) is 0 Å². The van der Waals surface area contributed by atoms with Gasteiger partial charge in [0, 0.05) is 38.8 Å². The summed E-state index contributed by atoms with van der Waals surface area (Å²) in [6, 6.07) is 6.65. The predicted molar refractivity (Wildman–Crippen MR) is 95.2 cm³/mol. The van der Waals surface area contributed by atoms with Crippen molar-refractivity contribution in [2.45, 2.75) is 32.2 Å². The van der Waals surface area contributed by atoms with Crippen LogP contribution in [0.25, 0.3) is 0 Å². The average Bonchev–Trinajstić information content (AvgIpc) is 3.14. The number of carbonyl (C=O) groups excluding carboxylic acids is 1. The number of amides is 1. The third kappa shape index (κ3) is 3.12. The van der Waals surface area contributed by atoms with Crippen LogP contribution in [0.15, 0.2) is 18.2 Å². The standard InChI is InChI=1S/C18H25N3O.ClH/c1-20-16-4-2-14(10-15(16)3-5-17(20)22)11-21-9-7-18(13-21)6-8-19-12-18;/h2,4,10,19H,3,5-9,11-13H2,1H3;1H. The van der Waals surface area contributed by atoms with Crippen LogP contribution >= 0.6 is 12.4 Å². The van der Waals surface area contributed by atoms with Crippen LogP contribution in [-0.4, -0.2) is 44.0 Å². The average molecular weight is 336 g/mol. The number of carbonyl (C=O) groups is 1. The fourth-order valence-electron chi connectivity index (χ4n) is 4.37. The molecule has 0 aromatic heterocycles. The van der Waals surface area contributed by atoms with E-state index in [4.69, 9.17) is 0 Å². The van der Waals surface area contributed by atoms with E-state index in [-0.39, 0.29) is 18.3 Å². The Morgan fingerprint density at radius 1 is 1.26 bits per heavy atom. The van der Waals surface area contributed by atoms with Crippen LogP contribution in [0.4, 0.5) is 5.69 Å². The molecule has 0 bridgehead atoms. The second kappa shape index (κ2) is 6.42. The van der Waals surface area contributed by atoms with Crippen molar-refractivity contribution in [2.24, 2.45) is 5.41 Å². The quantitative estimate of drug-likeness (QED) is 0.900. The van der Waals surface area contributed by atoms with Crippen LogP contribution in [0.1, 0.15) is 30.4 Å². The van der Waals surface area contributed by atoms with Crippen LogP contribution in [0.5, 0.6) is 0 Å². The Morgan fingerprint density at radius 3 is 2.91 bits per heavy atom. The third-order valence-electron chi connectivity index (χ3n) is 5.74. The molecule has 1 amide bonds. The summed E-state index contributed by atoms with van der Waals surface area (Å²) in [5, 5.41) is 3.53. The van der Waals surface area contributed by atoms with Gasteiger partial charge in [0.1, 0.15) is 0 Å². The second-order valence-electron chi connectivity index (χ2n) is 7.30. The molecule has 2 saturated heterocycles. The van der Waals surface area contributed by atoms with Gasteiger partial charge in [-0.05, 0) is 55.0 Å². The zero-order chi connectivity index (χ0) is 15.2. The van der Waals surface area contributed by atoms with Gasteiger partial charge in [-0.15, -0.1) is 12.4 Å². The van der Waals surface area contributed by atoms with Crippen molar-refractivity contribution in [1.29, 1.82) is 0 Å². The number of likely N-dealkylation sites (tertiary alicyclic amines) is 1. The van der Waals surface area contributed by atoms with E-state index < -0.39 is 0 Å². The number of nitrogens with zero attached hydrogens (tertiary/aromatic N) is 2. The summed E-state index contributed by atoms with van der Waals surface area (Å²) in [4.78, 5) is 16.2. The Balaban J connectivity index is 0.00000156. The number of benzene rings is 1. The minimum atomic E-state index is 0. The fraction of sp³-hybridized carbons (Fsp3) is 0.611. The summed E-state index contributed by atoms with van der Waals surface area (Å²) < 4.78 is 0. The number of nitrogens with one attached hydrogen (secondary N) is 1. The first-order valence-electron chi connectivity index (χ1n) is 8.47. The van der Waals surface area contributed by atoms with E-state index in [1.54, 1.807) is 4.90 Å². The van der Waals surface area contributed by atoms with E-state index in [9.17, 15) is 4.79 Å². The zero-order valence-corrected chi connectivity index (χ0v) is 14.6. The van der Waals surface area contributed by atoms with Crippen LogP contribution in [-0.2, 0) is 17.8 Å². The largest absolute Gasteiger partial charge is 0.316 e. The van der Waals surface area contributed by atoms with Gasteiger partial charge in [0.15, 0.2) is 0 Å². The summed E-state index contributed by atoms with van der Waals surface area (Å²) >= 11 is 0. The molecule has 0 saturated carbocycles. The Labute approximate surface area is 144 Å². The maximum Gasteiger partial charge on any atom is 0.227 e. The Hall–Kier alpha value is -1.10. The molecule has 2 fully saturated rings. The third-order valence-corrected chi connectivity index (χ3v) is 5.74. The van der Waals surface area contributed by atoms with Crippen molar-refractivity contribution in [3.8, 4) is 0 Å². The molecule has 23 heavy (non-hydrogen) atoms. The lowest BCUT2D eigenvalue weighted by Gasteiger charge is -2.27. The van der Waals surface area contributed by atoms with Gasteiger partial charge in [-0.25, -0.2) is 0 Å². The molecule has 5 heteroatoms. The second-order valence-corrected chi connectivity index (χ2v) is 7.30. The summed E-state index contributed by atoms with van der Waals surface area (Å²) in [6.45, 7) is 5.88. The highest BCUT2D eigenvalue weighted by atomic mass is 35.5. The molecule has 3 aliphatic rings. The summed E-state index contributed by atoms with van der Waals surface area (Å²) in [6.07, 6.45) is 4.20. The fourth-order valence-corrected chi connectivity index (χ4v) is 4.37. The van der Waals surface area contributed by atoms with Crippen molar-refractivity contribution in [3.05, 3.63) is 29.3 Å². The van der Waals surface area contributed by atoms with Gasteiger partial charge in [-0.1, -0.05) is 12.1 Å². The van der Waals surface area contributed by atoms with Crippen molar-refractivity contribution < 1.29 is 4.79 Å². The highest BCUT2D eigenvalue weighted by Gasteiger charge is 2.40. The normalized spacial score (nSPS) is 27.3. The van der Waals surface area contributed by atoms with Crippen LogP contribution in [0, 0.1) is 5.41 Å². The van der Waals surface area contributed by atoms with Crippen molar-refractivity contribution in [2.75, 3.05) is 38.1 Å². The molecular formula is C18H26ClN3O. The Bertz CT molecular complexity index is 598. The van der Waals surface area contributed by atoms with Crippen molar-refractivity contribution >= 4 is 24.0 Å². The number of hydrogen-bond donors (Lipinski definition) is 1. The van der Waals surface area contributed by atoms with Gasteiger partial charge in [0.2, 0.25) is 5.91 Å². The molecule has 3 aliphatic heterocycles. The number of rotatable bonds is 2. The first-order valence-corrected chi connectivity index (χ1v) is 8.47. The molecule has 4 nitrogen and oxygen atoms in total. The van der Waals surface area contributed by atoms with Crippen molar-refractivity contribution in [3.63, 3.8) is 0 Å². The van der Waals surface area contributed by atoms with Gasteiger partial charge in [-0.2, -0.15) is 0 Å². The molecular weight excluding hydrogens is 310 g/mol. The molecule has 3 heterocycles.